The number of nitrogens with zero attached hydrogens (tertiary/aromatic N) is 1. The first-order chi connectivity index (χ1) is 11.2. The Morgan fingerprint density at radius 1 is 1.13 bits per heavy atom. The van der Waals surface area contributed by atoms with Gasteiger partial charge < -0.3 is 9.64 Å². The van der Waals surface area contributed by atoms with E-state index in [0.717, 1.165) is 19.3 Å². The predicted octanol–water partition coefficient (Wildman–Crippen LogP) is 3.80. The lowest BCUT2D eigenvalue weighted by molar-refractivity contribution is -0.148. The number of benzene rings is 1. The van der Waals surface area contributed by atoms with E-state index in [1.807, 2.05) is 30.3 Å². The molecule has 1 fully saturated rings. The molecule has 0 aromatic heterocycles. The maximum atomic E-state index is 12.3. The quantitative estimate of drug-likeness (QED) is 0.541. The van der Waals surface area contributed by atoms with E-state index in [2.05, 4.69) is 6.92 Å². The molecule has 0 aliphatic carbocycles. The summed E-state index contributed by atoms with van der Waals surface area (Å²) in [4.78, 5) is 26.0. The van der Waals surface area contributed by atoms with Crippen LogP contribution in [0.5, 0.6) is 0 Å². The van der Waals surface area contributed by atoms with E-state index in [-0.39, 0.29) is 18.0 Å². The van der Waals surface area contributed by atoms with Crippen LogP contribution in [0.3, 0.4) is 0 Å². The van der Waals surface area contributed by atoms with E-state index in [9.17, 15) is 9.59 Å². The molecule has 1 atom stereocenters. The molecular weight excluding hydrogens is 290 g/mol. The highest BCUT2D eigenvalue weighted by Gasteiger charge is 2.29. The summed E-state index contributed by atoms with van der Waals surface area (Å²) >= 11 is 0. The monoisotopic (exact) mass is 317 g/mol. The third-order valence-corrected chi connectivity index (χ3v) is 4.24. The molecule has 1 aromatic carbocycles. The van der Waals surface area contributed by atoms with E-state index in [1.165, 1.54) is 19.3 Å². The zero-order chi connectivity index (χ0) is 16.5. The lowest BCUT2D eigenvalue weighted by Gasteiger charge is -2.16. The summed E-state index contributed by atoms with van der Waals surface area (Å²) < 4.78 is 5.50. The Kier molecular flexibility index (Phi) is 7.11. The molecule has 1 aliphatic rings. The van der Waals surface area contributed by atoms with Gasteiger partial charge in [0.1, 0.15) is 6.10 Å². The highest BCUT2D eigenvalue weighted by Crippen LogP contribution is 2.17. The molecule has 4 heteroatoms. The first kappa shape index (κ1) is 17.5. The summed E-state index contributed by atoms with van der Waals surface area (Å²) in [5.74, 6) is -0.107. The maximum Gasteiger partial charge on any atom is 0.306 e. The van der Waals surface area contributed by atoms with Crippen LogP contribution < -0.4 is 0 Å². The van der Waals surface area contributed by atoms with E-state index >= 15 is 0 Å². The molecule has 1 unspecified atom stereocenters. The van der Waals surface area contributed by atoms with E-state index in [0.29, 0.717) is 25.1 Å². The normalized spacial score (nSPS) is 17.3. The molecule has 1 amide bonds. The molecule has 2 rings (SSSR count). The van der Waals surface area contributed by atoms with Gasteiger partial charge in [-0.2, -0.15) is 0 Å². The Morgan fingerprint density at radius 2 is 1.87 bits per heavy atom. The smallest absolute Gasteiger partial charge is 0.306 e. The van der Waals surface area contributed by atoms with Crippen molar-refractivity contribution < 1.29 is 14.3 Å². The van der Waals surface area contributed by atoms with Crippen LogP contribution >= 0.6 is 0 Å². The molecule has 0 radical (unpaired) electrons. The van der Waals surface area contributed by atoms with Gasteiger partial charge in [0.15, 0.2) is 0 Å². The summed E-state index contributed by atoms with van der Waals surface area (Å²) in [6, 6.07) is 9.25. The minimum atomic E-state index is -0.147. The van der Waals surface area contributed by atoms with Crippen LogP contribution in [0.4, 0.5) is 0 Å². The Labute approximate surface area is 138 Å². The van der Waals surface area contributed by atoms with Crippen molar-refractivity contribution in [3.8, 4) is 0 Å². The van der Waals surface area contributed by atoms with Crippen LogP contribution in [0.15, 0.2) is 30.3 Å². The van der Waals surface area contributed by atoms with E-state index < -0.39 is 0 Å². The number of ether oxygens (including phenoxy) is 1. The van der Waals surface area contributed by atoms with Gasteiger partial charge in [-0.05, 0) is 18.6 Å². The Morgan fingerprint density at radius 3 is 2.61 bits per heavy atom. The second kappa shape index (κ2) is 9.33. The zero-order valence-corrected chi connectivity index (χ0v) is 14.0. The van der Waals surface area contributed by atoms with Crippen LogP contribution in [0.25, 0.3) is 0 Å². The number of carbonyl (C=O) groups excluding carboxylic acids is 2. The largest absolute Gasteiger partial charge is 0.460 e. The van der Waals surface area contributed by atoms with Crippen LogP contribution in [-0.2, 0) is 9.53 Å². The molecule has 0 saturated carbocycles. The molecule has 0 N–H and O–H groups in total. The lowest BCUT2D eigenvalue weighted by Crippen LogP contribution is -2.30. The minimum absolute atomic E-state index is 0.0173. The number of amides is 1. The number of hydrogen-bond acceptors (Lipinski definition) is 3. The number of esters is 1. The summed E-state index contributed by atoms with van der Waals surface area (Å²) in [7, 11) is 0. The van der Waals surface area contributed by atoms with Gasteiger partial charge in [0, 0.05) is 24.9 Å². The standard InChI is InChI=1S/C19H27NO3/c1-2-3-4-5-9-12-18(21)23-17-13-14-20(15-17)19(22)16-10-7-6-8-11-16/h6-8,10-11,17H,2-5,9,12-15H2,1H3. The first-order valence-electron chi connectivity index (χ1n) is 8.74. The van der Waals surface area contributed by atoms with E-state index in [4.69, 9.17) is 4.74 Å². The predicted molar refractivity (Wildman–Crippen MR) is 90.2 cm³/mol. The first-order valence-corrected chi connectivity index (χ1v) is 8.74. The van der Waals surface area contributed by atoms with Crippen molar-refractivity contribution in [2.75, 3.05) is 13.1 Å². The van der Waals surface area contributed by atoms with Crippen molar-refractivity contribution >= 4 is 11.9 Å². The number of hydrogen-bond donors (Lipinski definition) is 0. The average molecular weight is 317 g/mol. The van der Waals surface area contributed by atoms with Crippen molar-refractivity contribution in [1.29, 1.82) is 0 Å². The van der Waals surface area contributed by atoms with Gasteiger partial charge >= 0.3 is 5.97 Å². The Bertz CT molecular complexity index is 501. The number of likely N-dealkylation sites (tertiary alicyclic amines) is 1. The minimum Gasteiger partial charge on any atom is -0.460 e. The second-order valence-electron chi connectivity index (χ2n) is 6.18. The zero-order valence-electron chi connectivity index (χ0n) is 14.0. The molecule has 126 valence electrons. The number of rotatable bonds is 8. The molecule has 1 aromatic rings. The van der Waals surface area contributed by atoms with Crippen molar-refractivity contribution in [1.82, 2.24) is 4.90 Å². The molecule has 4 nitrogen and oxygen atoms in total. The van der Waals surface area contributed by atoms with Gasteiger partial charge in [-0.1, -0.05) is 50.8 Å². The maximum absolute atomic E-state index is 12.3. The molecule has 1 heterocycles. The fourth-order valence-electron chi connectivity index (χ4n) is 2.89. The van der Waals surface area contributed by atoms with Crippen molar-refractivity contribution in [3.05, 3.63) is 35.9 Å². The van der Waals surface area contributed by atoms with Gasteiger partial charge in [-0.15, -0.1) is 0 Å². The fraction of sp³-hybridized carbons (Fsp3) is 0.579. The molecular formula is C19H27NO3. The van der Waals surface area contributed by atoms with Crippen LogP contribution in [0, 0.1) is 0 Å². The topological polar surface area (TPSA) is 46.6 Å². The van der Waals surface area contributed by atoms with Gasteiger partial charge in [0.2, 0.25) is 0 Å². The average Bonchev–Trinajstić information content (AvgIpc) is 3.03. The molecule has 0 spiro atoms. The SMILES string of the molecule is CCCCCCCC(=O)OC1CCN(C(=O)c2ccccc2)C1. The number of unbranched alkanes of at least 4 members (excludes halogenated alkanes) is 4. The van der Waals surface area contributed by atoms with Gasteiger partial charge in [0.05, 0.1) is 6.54 Å². The van der Waals surface area contributed by atoms with Crippen molar-refractivity contribution in [2.24, 2.45) is 0 Å². The second-order valence-corrected chi connectivity index (χ2v) is 6.18. The summed E-state index contributed by atoms with van der Waals surface area (Å²) in [6.45, 7) is 3.34. The van der Waals surface area contributed by atoms with Crippen molar-refractivity contribution in [3.63, 3.8) is 0 Å². The molecule has 23 heavy (non-hydrogen) atoms. The van der Waals surface area contributed by atoms with Gasteiger partial charge in [-0.25, -0.2) is 0 Å². The number of carbonyl (C=O) groups is 2. The van der Waals surface area contributed by atoms with Crippen LogP contribution in [0.2, 0.25) is 0 Å². The van der Waals surface area contributed by atoms with Crippen LogP contribution in [0.1, 0.15) is 62.2 Å². The summed E-state index contributed by atoms with van der Waals surface area (Å²) in [6.07, 6.45) is 6.70. The molecule has 0 bridgehead atoms. The molecule has 1 saturated heterocycles. The van der Waals surface area contributed by atoms with Gasteiger partial charge in [-0.3, -0.25) is 9.59 Å². The Hall–Kier alpha value is -1.84. The highest BCUT2D eigenvalue weighted by molar-refractivity contribution is 5.94. The summed E-state index contributed by atoms with van der Waals surface area (Å²) in [5, 5.41) is 0. The fourth-order valence-corrected chi connectivity index (χ4v) is 2.89. The van der Waals surface area contributed by atoms with Crippen LogP contribution in [-0.4, -0.2) is 36.0 Å². The third kappa shape index (κ3) is 5.70. The summed E-state index contributed by atoms with van der Waals surface area (Å²) in [5.41, 5.74) is 0.690. The Balaban J connectivity index is 1.69. The van der Waals surface area contributed by atoms with Gasteiger partial charge in [0.25, 0.3) is 5.91 Å². The molecule has 1 aliphatic heterocycles. The highest BCUT2D eigenvalue weighted by atomic mass is 16.5. The van der Waals surface area contributed by atoms with E-state index in [1.54, 1.807) is 4.90 Å². The lowest BCUT2D eigenvalue weighted by atomic mass is 10.1. The van der Waals surface area contributed by atoms with Crippen molar-refractivity contribution in [2.45, 2.75) is 58.0 Å². The third-order valence-electron chi connectivity index (χ3n) is 4.24.